The number of hydrogen-bond donors (Lipinski definition) is 1. The van der Waals surface area contributed by atoms with Gasteiger partial charge in [0.25, 0.3) is 0 Å². The maximum Gasteiger partial charge on any atom is 0.236 e. The second-order valence-electron chi connectivity index (χ2n) is 7.92. The molecule has 1 aliphatic heterocycles. The highest BCUT2D eigenvalue weighted by Gasteiger charge is 2.20. The Bertz CT molecular complexity index is 825. The van der Waals surface area contributed by atoms with Gasteiger partial charge in [-0.3, -0.25) is 9.59 Å². The number of rotatable bonds is 7. The third-order valence-electron chi connectivity index (χ3n) is 5.22. The van der Waals surface area contributed by atoms with Gasteiger partial charge in [-0.1, -0.05) is 45.0 Å². The molecular weight excluding hydrogens is 402 g/mol. The molecule has 2 heterocycles. The fourth-order valence-electron chi connectivity index (χ4n) is 3.24. The predicted octanol–water partition coefficient (Wildman–Crippen LogP) is 4.86. The number of nitrogens with zero attached hydrogens (tertiary/aromatic N) is 2. The zero-order valence-corrected chi connectivity index (χ0v) is 18.9. The largest absolute Gasteiger partial charge is 0.342 e. The van der Waals surface area contributed by atoms with Crippen molar-refractivity contribution in [2.75, 3.05) is 29.9 Å². The third-order valence-corrected chi connectivity index (χ3v) is 6.89. The molecule has 0 aliphatic carbocycles. The molecule has 0 unspecified atom stereocenters. The molecule has 1 fully saturated rings. The molecular formula is C22H29N3O2S2. The number of thioether (sulfide) groups is 1. The first-order valence-corrected chi connectivity index (χ1v) is 12.2. The Kier molecular flexibility index (Phi) is 7.72. The van der Waals surface area contributed by atoms with Crippen LogP contribution in [0.2, 0.25) is 0 Å². The second kappa shape index (κ2) is 10.3. The van der Waals surface area contributed by atoms with E-state index in [1.807, 2.05) is 10.3 Å². The van der Waals surface area contributed by atoms with Crippen LogP contribution < -0.4 is 5.32 Å². The molecule has 1 saturated heterocycles. The van der Waals surface area contributed by atoms with Gasteiger partial charge in [-0.25, -0.2) is 4.98 Å². The van der Waals surface area contributed by atoms with E-state index in [2.05, 4.69) is 55.3 Å². The minimum Gasteiger partial charge on any atom is -0.342 e. The number of hydrogen-bond acceptors (Lipinski definition) is 5. The Labute approximate surface area is 181 Å². The molecule has 0 saturated carbocycles. The highest BCUT2D eigenvalue weighted by molar-refractivity contribution is 8.00. The van der Waals surface area contributed by atoms with Crippen molar-refractivity contribution in [2.24, 2.45) is 5.92 Å². The number of thiazole rings is 1. The van der Waals surface area contributed by atoms with Crippen LogP contribution in [-0.4, -0.2) is 46.3 Å². The molecule has 5 nitrogen and oxygen atoms in total. The fraction of sp³-hybridized carbons (Fsp3) is 0.500. The summed E-state index contributed by atoms with van der Waals surface area (Å²) in [5, 5.41) is 5.39. The van der Waals surface area contributed by atoms with Crippen LogP contribution in [0.25, 0.3) is 11.3 Å². The Balaban J connectivity index is 1.43. The molecule has 1 aromatic carbocycles. The number of likely N-dealkylation sites (tertiary alicyclic amines) is 1. The minimum absolute atomic E-state index is 0.119. The molecule has 0 bridgehead atoms. The van der Waals surface area contributed by atoms with Crippen LogP contribution in [0.4, 0.5) is 5.13 Å². The predicted molar refractivity (Wildman–Crippen MR) is 123 cm³/mol. The summed E-state index contributed by atoms with van der Waals surface area (Å²) < 4.78 is 0. The summed E-state index contributed by atoms with van der Waals surface area (Å²) in [6.45, 7) is 8.25. The lowest BCUT2D eigenvalue weighted by atomic mass is 9.99. The van der Waals surface area contributed by atoms with Crippen molar-refractivity contribution in [3.05, 3.63) is 35.2 Å². The van der Waals surface area contributed by atoms with Crippen molar-refractivity contribution in [1.29, 1.82) is 0 Å². The Hall–Kier alpha value is -1.86. The quantitative estimate of drug-likeness (QED) is 0.680. The van der Waals surface area contributed by atoms with Crippen LogP contribution >= 0.6 is 23.1 Å². The van der Waals surface area contributed by atoms with Crippen LogP contribution in [0.3, 0.4) is 0 Å². The maximum atomic E-state index is 12.2. The van der Waals surface area contributed by atoms with Gasteiger partial charge in [0.2, 0.25) is 11.8 Å². The highest BCUT2D eigenvalue weighted by Crippen LogP contribution is 2.26. The lowest BCUT2D eigenvalue weighted by molar-refractivity contribution is -0.129. The topological polar surface area (TPSA) is 62.3 Å². The summed E-state index contributed by atoms with van der Waals surface area (Å²) in [6, 6.07) is 8.38. The normalized spacial score (nSPS) is 15.0. The van der Waals surface area contributed by atoms with Crippen LogP contribution in [0, 0.1) is 5.92 Å². The monoisotopic (exact) mass is 431 g/mol. The van der Waals surface area contributed by atoms with E-state index in [0.29, 0.717) is 22.7 Å². The smallest absolute Gasteiger partial charge is 0.236 e. The maximum absolute atomic E-state index is 12.2. The molecule has 0 atom stereocenters. The van der Waals surface area contributed by atoms with Gasteiger partial charge in [0, 0.05) is 24.0 Å². The Morgan fingerprint density at radius 2 is 1.90 bits per heavy atom. The summed E-state index contributed by atoms with van der Waals surface area (Å²) in [5.41, 5.74) is 3.20. The molecule has 0 spiro atoms. The molecule has 2 aromatic rings. The zero-order valence-electron chi connectivity index (χ0n) is 17.3. The van der Waals surface area contributed by atoms with E-state index in [0.717, 1.165) is 37.2 Å². The number of benzene rings is 1. The molecule has 2 amide bonds. The average molecular weight is 432 g/mol. The highest BCUT2D eigenvalue weighted by atomic mass is 32.2. The molecule has 7 heteroatoms. The van der Waals surface area contributed by atoms with Crippen LogP contribution in [0.5, 0.6) is 0 Å². The van der Waals surface area contributed by atoms with Gasteiger partial charge in [-0.05, 0) is 30.2 Å². The van der Waals surface area contributed by atoms with E-state index >= 15 is 0 Å². The molecule has 3 rings (SSSR count). The lowest BCUT2D eigenvalue weighted by Crippen LogP contribution is -2.39. The third kappa shape index (κ3) is 6.31. The number of nitrogens with one attached hydrogen (secondary N) is 1. The molecule has 1 aliphatic rings. The van der Waals surface area contributed by atoms with Gasteiger partial charge in [-0.2, -0.15) is 0 Å². The molecule has 1 N–H and O–H groups in total. The summed E-state index contributed by atoms with van der Waals surface area (Å²) in [5.74, 6) is 1.83. The van der Waals surface area contributed by atoms with E-state index in [1.165, 1.54) is 28.7 Å². The van der Waals surface area contributed by atoms with Gasteiger partial charge >= 0.3 is 0 Å². The standard InChI is InChI=1S/C22H29N3O2S2/c1-15(2)17-4-6-18(7-5-17)19-12-29-22(23-19)24-20(26)13-28-14-21(27)25-10-8-16(3)9-11-25/h4-7,12,15-16H,8-11,13-14H2,1-3H3,(H,23,24,26). The zero-order chi connectivity index (χ0) is 20.8. The fourth-order valence-corrected chi connectivity index (χ4v) is 4.69. The molecule has 29 heavy (non-hydrogen) atoms. The average Bonchev–Trinajstić information content (AvgIpc) is 3.17. The van der Waals surface area contributed by atoms with Gasteiger partial charge in [0.15, 0.2) is 5.13 Å². The molecule has 156 valence electrons. The van der Waals surface area contributed by atoms with Gasteiger partial charge in [-0.15, -0.1) is 23.1 Å². The molecule has 0 radical (unpaired) electrons. The number of anilines is 1. The summed E-state index contributed by atoms with van der Waals surface area (Å²) in [6.07, 6.45) is 2.15. The van der Waals surface area contributed by atoms with E-state index in [1.54, 1.807) is 0 Å². The number of carbonyl (C=O) groups excluding carboxylic acids is 2. The van der Waals surface area contributed by atoms with Crippen molar-refractivity contribution in [2.45, 2.75) is 39.5 Å². The van der Waals surface area contributed by atoms with Crippen molar-refractivity contribution in [3.63, 3.8) is 0 Å². The molecule has 1 aromatic heterocycles. The van der Waals surface area contributed by atoms with Gasteiger partial charge < -0.3 is 10.2 Å². The van der Waals surface area contributed by atoms with Crippen LogP contribution in [0.15, 0.2) is 29.6 Å². The first-order valence-electron chi connectivity index (χ1n) is 10.1. The second-order valence-corrected chi connectivity index (χ2v) is 9.76. The van der Waals surface area contributed by atoms with Crippen molar-refractivity contribution in [1.82, 2.24) is 9.88 Å². The van der Waals surface area contributed by atoms with E-state index in [4.69, 9.17) is 0 Å². The minimum atomic E-state index is -0.119. The van der Waals surface area contributed by atoms with Crippen molar-refractivity contribution >= 4 is 40.0 Å². The van der Waals surface area contributed by atoms with Crippen molar-refractivity contribution in [3.8, 4) is 11.3 Å². The lowest BCUT2D eigenvalue weighted by Gasteiger charge is -2.30. The first kappa shape index (κ1) is 21.8. The Morgan fingerprint density at radius 1 is 1.21 bits per heavy atom. The number of amides is 2. The van der Waals surface area contributed by atoms with E-state index in [9.17, 15) is 9.59 Å². The number of aromatic nitrogens is 1. The van der Waals surface area contributed by atoms with Crippen LogP contribution in [-0.2, 0) is 9.59 Å². The summed E-state index contributed by atoms with van der Waals surface area (Å²) in [7, 11) is 0. The Morgan fingerprint density at radius 3 is 2.55 bits per heavy atom. The number of piperidine rings is 1. The van der Waals surface area contributed by atoms with Gasteiger partial charge in [0.1, 0.15) is 0 Å². The van der Waals surface area contributed by atoms with Crippen LogP contribution in [0.1, 0.15) is 45.1 Å². The SMILES string of the molecule is CC1CCN(C(=O)CSCC(=O)Nc2nc(-c3ccc(C(C)C)cc3)cs2)CC1. The van der Waals surface area contributed by atoms with E-state index in [-0.39, 0.29) is 17.6 Å². The van der Waals surface area contributed by atoms with Crippen molar-refractivity contribution < 1.29 is 9.59 Å². The first-order chi connectivity index (χ1) is 13.9. The number of carbonyl (C=O) groups is 2. The van der Waals surface area contributed by atoms with Gasteiger partial charge in [0.05, 0.1) is 17.2 Å². The van der Waals surface area contributed by atoms with E-state index < -0.39 is 0 Å². The summed E-state index contributed by atoms with van der Waals surface area (Å²) in [4.78, 5) is 30.9. The summed E-state index contributed by atoms with van der Waals surface area (Å²) >= 11 is 2.78.